The first-order chi connectivity index (χ1) is 22.0. The lowest BCUT2D eigenvalue weighted by molar-refractivity contribution is 0.194. The van der Waals surface area contributed by atoms with E-state index in [1.165, 1.54) is 94.6 Å². The first-order valence-corrected chi connectivity index (χ1v) is 18.0. The van der Waals surface area contributed by atoms with Crippen LogP contribution in [0, 0.1) is 0 Å². The minimum Gasteiger partial charge on any atom is -0.335 e. The molecule has 2 atom stereocenters. The molecule has 2 unspecified atom stereocenters. The topological polar surface area (TPSA) is 3.24 Å². The molecule has 0 amide bonds. The highest BCUT2D eigenvalue weighted by atomic mass is 32.2. The van der Waals surface area contributed by atoms with Gasteiger partial charge in [0.1, 0.15) is 0 Å². The van der Waals surface area contributed by atoms with Gasteiger partial charge in [0.15, 0.2) is 0 Å². The van der Waals surface area contributed by atoms with Crippen molar-refractivity contribution in [1.29, 1.82) is 0 Å². The van der Waals surface area contributed by atoms with Crippen LogP contribution < -0.4 is 21.3 Å². The highest BCUT2D eigenvalue weighted by Crippen LogP contribution is 2.63. The molecule has 2 aliphatic carbocycles. The number of benzene rings is 5. The third kappa shape index (κ3) is 3.49. The molecule has 0 spiro atoms. The second-order valence-electron chi connectivity index (χ2n) is 14.6. The molecule has 5 aliphatic rings. The smallest absolute Gasteiger partial charge is 0.249 e. The van der Waals surface area contributed by atoms with Gasteiger partial charge in [-0.2, -0.15) is 0 Å². The second kappa shape index (κ2) is 9.42. The van der Waals surface area contributed by atoms with E-state index in [9.17, 15) is 0 Å². The lowest BCUT2D eigenvalue weighted by atomic mass is 9.34. The summed E-state index contributed by atoms with van der Waals surface area (Å²) in [5.41, 5.74) is 18.2. The molecule has 0 saturated heterocycles. The van der Waals surface area contributed by atoms with Gasteiger partial charge in [0, 0.05) is 26.6 Å². The average molecular weight is 600 g/mol. The van der Waals surface area contributed by atoms with Crippen molar-refractivity contribution in [2.75, 3.05) is 4.90 Å². The molecule has 10 rings (SSSR count). The quantitative estimate of drug-likeness (QED) is 0.183. The van der Waals surface area contributed by atoms with E-state index in [0.29, 0.717) is 6.71 Å². The predicted molar refractivity (Wildman–Crippen MR) is 192 cm³/mol. The molecule has 0 bridgehead atoms. The van der Waals surface area contributed by atoms with Crippen LogP contribution in [0.5, 0.6) is 0 Å². The van der Waals surface area contributed by atoms with Gasteiger partial charge < -0.3 is 4.90 Å². The molecule has 5 aromatic carbocycles. The Bertz CT molecular complexity index is 2050. The van der Waals surface area contributed by atoms with E-state index in [4.69, 9.17) is 0 Å². The molecule has 1 fully saturated rings. The minimum absolute atomic E-state index is 0.0692. The monoisotopic (exact) mass is 599 g/mol. The van der Waals surface area contributed by atoms with E-state index in [2.05, 4.69) is 116 Å². The summed E-state index contributed by atoms with van der Waals surface area (Å²) in [6.07, 6.45) is 10.3. The summed E-state index contributed by atoms with van der Waals surface area (Å²) in [7, 11) is 0. The summed E-state index contributed by atoms with van der Waals surface area (Å²) >= 11 is 1.99. The maximum Gasteiger partial charge on any atom is 0.249 e. The van der Waals surface area contributed by atoms with Gasteiger partial charge in [0.2, 0.25) is 6.71 Å². The van der Waals surface area contributed by atoms with Gasteiger partial charge in [-0.3, -0.25) is 0 Å². The zero-order valence-electron chi connectivity index (χ0n) is 26.3. The van der Waals surface area contributed by atoms with Crippen molar-refractivity contribution in [2.24, 2.45) is 0 Å². The largest absolute Gasteiger partial charge is 0.335 e. The van der Waals surface area contributed by atoms with Gasteiger partial charge in [-0.05, 0) is 120 Å². The van der Waals surface area contributed by atoms with E-state index in [1.54, 1.807) is 33.3 Å². The Kier molecular flexibility index (Phi) is 5.55. The molecule has 0 N–H and O–H groups in total. The Morgan fingerprint density at radius 1 is 0.644 bits per heavy atom. The third-order valence-corrected chi connectivity index (χ3v) is 13.6. The highest BCUT2D eigenvalue weighted by Gasteiger charge is 2.62. The fourth-order valence-electron chi connectivity index (χ4n) is 10.1. The Morgan fingerprint density at radius 2 is 1.40 bits per heavy atom. The molecular formula is C42H38BNS. The van der Waals surface area contributed by atoms with Gasteiger partial charge in [-0.1, -0.05) is 110 Å². The molecule has 3 heteroatoms. The van der Waals surface area contributed by atoms with Crippen LogP contribution in [-0.2, 0) is 18.3 Å². The van der Waals surface area contributed by atoms with Crippen molar-refractivity contribution < 1.29 is 0 Å². The Balaban J connectivity index is 1.28. The molecule has 0 radical (unpaired) electrons. The van der Waals surface area contributed by atoms with Crippen LogP contribution in [0.4, 0.5) is 11.4 Å². The fourth-order valence-corrected chi connectivity index (χ4v) is 11.3. The lowest BCUT2D eigenvalue weighted by Gasteiger charge is -2.52. The summed E-state index contributed by atoms with van der Waals surface area (Å²) in [6, 6.07) is 37.1. The first kappa shape index (κ1) is 26.5. The maximum atomic E-state index is 2.92. The molecule has 220 valence electrons. The van der Waals surface area contributed by atoms with Crippen LogP contribution in [0.1, 0.15) is 69.1 Å². The summed E-state index contributed by atoms with van der Waals surface area (Å²) < 4.78 is 0. The van der Waals surface area contributed by atoms with Crippen molar-refractivity contribution in [1.82, 2.24) is 0 Å². The van der Waals surface area contributed by atoms with Gasteiger partial charge >= 0.3 is 0 Å². The Labute approximate surface area is 272 Å². The van der Waals surface area contributed by atoms with Gasteiger partial charge in [-0.15, -0.1) is 0 Å². The molecule has 3 aliphatic heterocycles. The van der Waals surface area contributed by atoms with Crippen LogP contribution in [0.25, 0.3) is 22.3 Å². The summed E-state index contributed by atoms with van der Waals surface area (Å²) in [5.74, 6) is 0. The lowest BCUT2D eigenvalue weighted by Crippen LogP contribution is -2.63. The van der Waals surface area contributed by atoms with Gasteiger partial charge in [0.25, 0.3) is 0 Å². The number of fused-ring (bicyclic) bond motifs is 9. The summed E-state index contributed by atoms with van der Waals surface area (Å²) in [4.78, 5) is 5.78. The zero-order chi connectivity index (χ0) is 29.9. The predicted octanol–water partition coefficient (Wildman–Crippen LogP) is 8.94. The Hall–Kier alpha value is -3.69. The highest BCUT2D eigenvalue weighted by molar-refractivity contribution is 8.00. The van der Waals surface area contributed by atoms with E-state index < -0.39 is 0 Å². The number of rotatable bonds is 2. The van der Waals surface area contributed by atoms with Crippen LogP contribution in [0.3, 0.4) is 0 Å². The first-order valence-electron chi connectivity index (χ1n) is 17.2. The molecule has 5 aromatic rings. The Morgan fingerprint density at radius 3 is 2.29 bits per heavy atom. The molecule has 0 aromatic heterocycles. The fraction of sp³-hybridized carbons (Fsp3) is 0.286. The molecule has 1 saturated carbocycles. The van der Waals surface area contributed by atoms with E-state index >= 15 is 0 Å². The van der Waals surface area contributed by atoms with E-state index in [0.717, 1.165) is 0 Å². The number of aryl methyl sites for hydroxylation is 1. The molecular weight excluding hydrogens is 561 g/mol. The normalized spacial score (nSPS) is 23.5. The van der Waals surface area contributed by atoms with Crippen molar-refractivity contribution in [3.8, 4) is 22.3 Å². The number of hydrogen-bond acceptors (Lipinski definition) is 2. The van der Waals surface area contributed by atoms with Gasteiger partial charge in [0.05, 0.1) is 5.54 Å². The van der Waals surface area contributed by atoms with Crippen LogP contribution in [0.15, 0.2) is 107 Å². The van der Waals surface area contributed by atoms with Crippen molar-refractivity contribution in [2.45, 2.75) is 86.0 Å². The van der Waals surface area contributed by atoms with Crippen molar-refractivity contribution >= 4 is 46.2 Å². The molecule has 1 nitrogen and oxygen atoms in total. The minimum atomic E-state index is 0.0692. The second-order valence-corrected chi connectivity index (χ2v) is 15.7. The van der Waals surface area contributed by atoms with Crippen molar-refractivity contribution in [3.63, 3.8) is 0 Å². The SMILES string of the molecule is CC12CCCCC1(C)N1c3cc(-c4cccc(-c5ccccc5)c4)cc4c3B(c3ccccc3S4)c3cc4c(c2c31)CCCC4. The zero-order valence-corrected chi connectivity index (χ0v) is 27.1. The molecule has 3 heterocycles. The average Bonchev–Trinajstić information content (AvgIpc) is 3.31. The maximum absolute atomic E-state index is 2.92. The van der Waals surface area contributed by atoms with E-state index in [-0.39, 0.29) is 11.0 Å². The van der Waals surface area contributed by atoms with Gasteiger partial charge in [-0.25, -0.2) is 0 Å². The number of nitrogens with zero attached hydrogens (tertiary/aromatic N) is 1. The summed E-state index contributed by atoms with van der Waals surface area (Å²) in [5, 5.41) is 0. The molecule has 45 heavy (non-hydrogen) atoms. The number of hydrogen-bond donors (Lipinski definition) is 0. The van der Waals surface area contributed by atoms with Crippen molar-refractivity contribution in [3.05, 3.63) is 114 Å². The summed E-state index contributed by atoms with van der Waals surface area (Å²) in [6.45, 7) is 5.58. The van der Waals surface area contributed by atoms with Crippen LogP contribution >= 0.6 is 11.8 Å². The third-order valence-electron chi connectivity index (χ3n) is 12.4. The van der Waals surface area contributed by atoms with Crippen LogP contribution in [-0.4, -0.2) is 12.3 Å². The number of anilines is 2. The van der Waals surface area contributed by atoms with E-state index in [1.807, 2.05) is 11.8 Å². The van der Waals surface area contributed by atoms with Crippen LogP contribution in [0.2, 0.25) is 0 Å². The standard InChI is InChI=1S/C42H38BNS/c1-41-21-10-11-22-42(41,2)44-35-25-31(29-17-12-16-28(23-29)27-13-4-3-5-14-27)26-37-39(35)43(33-19-8-9-20-36(33)45-37)34-24-30-15-6-7-18-32(30)38(41)40(34)44/h3-5,8-9,12-14,16-17,19-20,23-26H,6-7,10-11,15,18,21-22H2,1-2H3.